The van der Waals surface area contributed by atoms with Crippen LogP contribution in [0.2, 0.25) is 0 Å². The van der Waals surface area contributed by atoms with Crippen LogP contribution in [0, 0.1) is 12.8 Å². The lowest BCUT2D eigenvalue weighted by molar-refractivity contribution is -0.134. The van der Waals surface area contributed by atoms with Crippen molar-refractivity contribution in [2.75, 3.05) is 13.1 Å². The number of rotatable bonds is 4. The van der Waals surface area contributed by atoms with Crippen LogP contribution in [-0.4, -0.2) is 35.8 Å². The van der Waals surface area contributed by atoms with Gasteiger partial charge in [0.15, 0.2) is 0 Å². The van der Waals surface area contributed by atoms with Crippen molar-refractivity contribution in [3.63, 3.8) is 0 Å². The summed E-state index contributed by atoms with van der Waals surface area (Å²) in [6, 6.07) is 8.10. The quantitative estimate of drug-likeness (QED) is 0.915. The summed E-state index contributed by atoms with van der Waals surface area (Å²) in [7, 11) is 0. The van der Waals surface area contributed by atoms with Crippen LogP contribution in [-0.2, 0) is 16.0 Å². The maximum absolute atomic E-state index is 12.6. The topological polar surface area (TPSA) is 49.4 Å². The van der Waals surface area contributed by atoms with Crippen LogP contribution in [0.3, 0.4) is 0 Å². The highest BCUT2D eigenvalue weighted by molar-refractivity contribution is 5.90. The van der Waals surface area contributed by atoms with Gasteiger partial charge >= 0.3 is 0 Å². The third kappa shape index (κ3) is 3.43. The van der Waals surface area contributed by atoms with Gasteiger partial charge in [0.25, 0.3) is 0 Å². The van der Waals surface area contributed by atoms with Gasteiger partial charge in [-0.1, -0.05) is 29.8 Å². The van der Waals surface area contributed by atoms with Crippen LogP contribution in [0.25, 0.3) is 0 Å². The van der Waals surface area contributed by atoms with Gasteiger partial charge in [-0.3, -0.25) is 9.59 Å². The number of carbonyl (C=O) groups is 2. The first-order valence-electron chi connectivity index (χ1n) is 7.77. The molecule has 1 aromatic rings. The molecule has 1 heterocycles. The van der Waals surface area contributed by atoms with E-state index < -0.39 is 0 Å². The molecular formula is C17H22N2O2. The number of benzene rings is 1. The molecule has 3 rings (SSSR count). The van der Waals surface area contributed by atoms with E-state index in [1.807, 2.05) is 11.0 Å². The lowest BCUT2D eigenvalue weighted by Gasteiger charge is -2.24. The molecule has 21 heavy (non-hydrogen) atoms. The standard InChI is InChI=1S/C17H22N2O2/c1-12-3-2-4-13(11-12)7-9-19-10-8-15(20)18-16(17(19)21)14-5-6-14/h2-4,11,14,16H,5-10H2,1H3,(H,18,20). The molecule has 1 unspecified atom stereocenters. The van der Waals surface area contributed by atoms with Crippen molar-refractivity contribution in [1.82, 2.24) is 10.2 Å². The fourth-order valence-electron chi connectivity index (χ4n) is 2.95. The van der Waals surface area contributed by atoms with Crippen LogP contribution in [0.5, 0.6) is 0 Å². The van der Waals surface area contributed by atoms with Crippen molar-refractivity contribution in [3.05, 3.63) is 35.4 Å². The minimum atomic E-state index is -0.280. The molecule has 1 saturated carbocycles. The van der Waals surface area contributed by atoms with Crippen LogP contribution in [0.15, 0.2) is 24.3 Å². The normalized spacial score (nSPS) is 22.9. The van der Waals surface area contributed by atoms with Gasteiger partial charge in [0, 0.05) is 19.5 Å². The van der Waals surface area contributed by atoms with Crippen molar-refractivity contribution in [2.45, 2.75) is 38.6 Å². The average molecular weight is 286 g/mol. The zero-order chi connectivity index (χ0) is 14.8. The van der Waals surface area contributed by atoms with E-state index in [1.165, 1.54) is 11.1 Å². The van der Waals surface area contributed by atoms with Gasteiger partial charge in [-0.2, -0.15) is 0 Å². The Labute approximate surface area is 125 Å². The maximum Gasteiger partial charge on any atom is 0.245 e. The van der Waals surface area contributed by atoms with E-state index in [2.05, 4.69) is 30.4 Å². The number of amides is 2. The molecule has 1 aliphatic heterocycles. The molecule has 2 fully saturated rings. The van der Waals surface area contributed by atoms with Crippen LogP contribution >= 0.6 is 0 Å². The number of hydrogen-bond donors (Lipinski definition) is 1. The Bertz CT molecular complexity index is 551. The van der Waals surface area contributed by atoms with Crippen molar-refractivity contribution in [3.8, 4) is 0 Å². The summed E-state index contributed by atoms with van der Waals surface area (Å²) in [6.45, 7) is 3.31. The average Bonchev–Trinajstić information content (AvgIpc) is 3.28. The summed E-state index contributed by atoms with van der Waals surface area (Å²) in [6.07, 6.45) is 3.38. The smallest absolute Gasteiger partial charge is 0.245 e. The number of nitrogens with one attached hydrogen (secondary N) is 1. The van der Waals surface area contributed by atoms with Gasteiger partial charge in [-0.25, -0.2) is 0 Å². The number of hydrogen-bond acceptors (Lipinski definition) is 2. The summed E-state index contributed by atoms with van der Waals surface area (Å²) in [5.41, 5.74) is 2.48. The van der Waals surface area contributed by atoms with Gasteiger partial charge < -0.3 is 10.2 Å². The molecule has 1 aliphatic carbocycles. The Hall–Kier alpha value is -1.84. The molecule has 2 aliphatic rings. The molecule has 1 atom stereocenters. The monoisotopic (exact) mass is 286 g/mol. The lowest BCUT2D eigenvalue weighted by Crippen LogP contribution is -2.46. The fourth-order valence-corrected chi connectivity index (χ4v) is 2.95. The molecule has 112 valence electrons. The summed E-state index contributed by atoms with van der Waals surface area (Å²) in [5.74, 6) is 0.482. The highest BCUT2D eigenvalue weighted by atomic mass is 16.2. The highest BCUT2D eigenvalue weighted by Crippen LogP contribution is 2.34. The Morgan fingerprint density at radius 2 is 2.10 bits per heavy atom. The van der Waals surface area contributed by atoms with E-state index in [0.29, 0.717) is 25.4 Å². The molecular weight excluding hydrogens is 264 g/mol. The van der Waals surface area contributed by atoms with E-state index in [-0.39, 0.29) is 17.9 Å². The van der Waals surface area contributed by atoms with Crippen LogP contribution in [0.1, 0.15) is 30.4 Å². The maximum atomic E-state index is 12.6. The van der Waals surface area contributed by atoms with Crippen molar-refractivity contribution in [2.24, 2.45) is 5.92 Å². The zero-order valence-corrected chi connectivity index (χ0v) is 12.5. The SMILES string of the molecule is Cc1cccc(CCN2CCC(=O)NC(C3CC3)C2=O)c1. The molecule has 1 aromatic carbocycles. The molecule has 2 amide bonds. The van der Waals surface area contributed by atoms with Crippen molar-refractivity contribution < 1.29 is 9.59 Å². The van der Waals surface area contributed by atoms with E-state index in [0.717, 1.165) is 19.3 Å². The molecule has 0 radical (unpaired) electrons. The molecule has 0 bridgehead atoms. The van der Waals surface area contributed by atoms with Crippen molar-refractivity contribution in [1.29, 1.82) is 0 Å². The third-order valence-electron chi connectivity index (χ3n) is 4.35. The first-order valence-corrected chi connectivity index (χ1v) is 7.77. The number of carbonyl (C=O) groups excluding carboxylic acids is 2. The first kappa shape index (κ1) is 14.1. The third-order valence-corrected chi connectivity index (χ3v) is 4.35. The molecule has 4 heteroatoms. The highest BCUT2D eigenvalue weighted by Gasteiger charge is 2.40. The largest absolute Gasteiger partial charge is 0.344 e. The second-order valence-corrected chi connectivity index (χ2v) is 6.20. The Morgan fingerprint density at radius 3 is 2.81 bits per heavy atom. The molecule has 0 aromatic heterocycles. The molecule has 1 N–H and O–H groups in total. The minimum Gasteiger partial charge on any atom is -0.344 e. The van der Waals surface area contributed by atoms with E-state index in [4.69, 9.17) is 0 Å². The zero-order valence-electron chi connectivity index (χ0n) is 12.5. The van der Waals surface area contributed by atoms with Gasteiger partial charge in [0.1, 0.15) is 6.04 Å². The summed E-state index contributed by atoms with van der Waals surface area (Å²) in [4.78, 5) is 26.2. The summed E-state index contributed by atoms with van der Waals surface area (Å²) >= 11 is 0. The Morgan fingerprint density at radius 1 is 1.29 bits per heavy atom. The Kier molecular flexibility index (Phi) is 3.95. The predicted octanol–water partition coefficient (Wildman–Crippen LogP) is 1.66. The van der Waals surface area contributed by atoms with Crippen LogP contribution < -0.4 is 5.32 Å². The van der Waals surface area contributed by atoms with E-state index in [9.17, 15) is 9.59 Å². The lowest BCUT2D eigenvalue weighted by atomic mass is 10.1. The minimum absolute atomic E-state index is 0.0123. The number of nitrogens with zero attached hydrogens (tertiary/aromatic N) is 1. The van der Waals surface area contributed by atoms with Gasteiger partial charge in [-0.05, 0) is 37.7 Å². The van der Waals surface area contributed by atoms with Crippen molar-refractivity contribution >= 4 is 11.8 Å². The first-order chi connectivity index (χ1) is 10.1. The van der Waals surface area contributed by atoms with E-state index >= 15 is 0 Å². The molecule has 4 nitrogen and oxygen atoms in total. The van der Waals surface area contributed by atoms with Gasteiger partial charge in [0.2, 0.25) is 11.8 Å². The fraction of sp³-hybridized carbons (Fsp3) is 0.529. The van der Waals surface area contributed by atoms with Gasteiger partial charge in [-0.15, -0.1) is 0 Å². The van der Waals surface area contributed by atoms with Gasteiger partial charge in [0.05, 0.1) is 0 Å². The van der Waals surface area contributed by atoms with E-state index in [1.54, 1.807) is 0 Å². The second-order valence-electron chi connectivity index (χ2n) is 6.20. The molecule has 1 saturated heterocycles. The summed E-state index contributed by atoms with van der Waals surface area (Å²) < 4.78 is 0. The Balaban J connectivity index is 1.65. The predicted molar refractivity (Wildman–Crippen MR) is 80.7 cm³/mol. The number of aryl methyl sites for hydroxylation is 1. The summed E-state index contributed by atoms with van der Waals surface area (Å²) in [5, 5.41) is 2.90. The second kappa shape index (κ2) is 5.88. The molecule has 0 spiro atoms. The van der Waals surface area contributed by atoms with Crippen LogP contribution in [0.4, 0.5) is 0 Å².